The molecule has 0 aliphatic heterocycles. The minimum Gasteiger partial charge on any atom is -0.497 e. The molecule has 0 heterocycles. The Bertz CT molecular complexity index is 1080. The van der Waals surface area contributed by atoms with Crippen molar-refractivity contribution < 1.29 is 28.6 Å². The van der Waals surface area contributed by atoms with Crippen LogP contribution in [0.2, 0.25) is 0 Å². The van der Waals surface area contributed by atoms with Gasteiger partial charge < -0.3 is 24.6 Å². The van der Waals surface area contributed by atoms with Gasteiger partial charge in [0.1, 0.15) is 18.1 Å². The van der Waals surface area contributed by atoms with E-state index in [-0.39, 0.29) is 12.1 Å². The monoisotopic (exact) mass is 601 g/mol. The van der Waals surface area contributed by atoms with Gasteiger partial charge in [0.15, 0.2) is 0 Å². The van der Waals surface area contributed by atoms with Crippen LogP contribution in [-0.4, -0.2) is 35.0 Å². The van der Waals surface area contributed by atoms with Crippen LogP contribution in [0.3, 0.4) is 0 Å². The molecule has 0 bridgehead atoms. The smallest absolute Gasteiger partial charge is 0.327 e. The van der Waals surface area contributed by atoms with Gasteiger partial charge in [-0.05, 0) is 73.9 Å². The summed E-state index contributed by atoms with van der Waals surface area (Å²) in [7, 11) is -2.67. The highest BCUT2D eigenvalue weighted by molar-refractivity contribution is 7.51. The molecule has 0 fully saturated rings. The van der Waals surface area contributed by atoms with E-state index >= 15 is 0 Å². The Morgan fingerprint density at radius 1 is 0.857 bits per heavy atom. The number of amides is 1. The number of benzene rings is 2. The zero-order chi connectivity index (χ0) is 30.5. The van der Waals surface area contributed by atoms with E-state index in [1.54, 1.807) is 7.11 Å². The molecule has 0 aromatic heterocycles. The van der Waals surface area contributed by atoms with Crippen LogP contribution in [0.5, 0.6) is 11.5 Å². The molecular formula is C34H52NO6P. The lowest BCUT2D eigenvalue weighted by Gasteiger charge is -2.20. The molecule has 2 aromatic carbocycles. The summed E-state index contributed by atoms with van der Waals surface area (Å²) in [5.41, 5.74) is 1.85. The Hall–Kier alpha value is -2.60. The van der Waals surface area contributed by atoms with Gasteiger partial charge in [0.2, 0.25) is 5.91 Å². The Balaban J connectivity index is 1.67. The van der Waals surface area contributed by atoms with E-state index in [1.807, 2.05) is 48.5 Å². The number of ether oxygens (including phenoxy) is 2. The van der Waals surface area contributed by atoms with Crippen LogP contribution >= 0.6 is 7.60 Å². The third-order valence-corrected chi connectivity index (χ3v) is 8.10. The molecule has 7 nitrogen and oxygen atoms in total. The van der Waals surface area contributed by atoms with Gasteiger partial charge in [0.25, 0.3) is 0 Å². The van der Waals surface area contributed by atoms with Gasteiger partial charge in [-0.25, -0.2) is 0 Å². The first-order valence-electron chi connectivity index (χ1n) is 15.6. The molecule has 1 atom stereocenters. The number of rotatable bonds is 23. The predicted octanol–water partition coefficient (Wildman–Crippen LogP) is 8.13. The first-order valence-corrected chi connectivity index (χ1v) is 17.4. The van der Waals surface area contributed by atoms with Crippen molar-refractivity contribution in [2.75, 3.05) is 13.3 Å². The highest BCUT2D eigenvalue weighted by Gasteiger charge is 2.23. The van der Waals surface area contributed by atoms with Gasteiger partial charge in [0.05, 0.1) is 13.3 Å². The van der Waals surface area contributed by atoms with E-state index in [9.17, 15) is 19.1 Å². The van der Waals surface area contributed by atoms with Crippen molar-refractivity contribution in [2.24, 2.45) is 0 Å². The van der Waals surface area contributed by atoms with Crippen LogP contribution in [0.1, 0.15) is 102 Å². The summed E-state index contributed by atoms with van der Waals surface area (Å²) < 4.78 is 22.8. The Labute approximate surface area is 253 Å². The van der Waals surface area contributed by atoms with Gasteiger partial charge >= 0.3 is 7.60 Å². The molecule has 8 heteroatoms. The van der Waals surface area contributed by atoms with Crippen LogP contribution < -0.4 is 14.8 Å². The average molecular weight is 602 g/mol. The molecule has 2 aromatic rings. The lowest BCUT2D eigenvalue weighted by Crippen LogP contribution is -2.39. The third-order valence-electron chi connectivity index (χ3n) is 7.18. The van der Waals surface area contributed by atoms with E-state index in [1.165, 1.54) is 44.9 Å². The molecule has 1 amide bonds. The van der Waals surface area contributed by atoms with Crippen molar-refractivity contribution >= 4 is 13.5 Å². The molecule has 0 saturated carbocycles. The molecule has 42 heavy (non-hydrogen) atoms. The number of hydrogen-bond donors (Lipinski definition) is 3. The van der Waals surface area contributed by atoms with E-state index in [4.69, 9.17) is 9.47 Å². The van der Waals surface area contributed by atoms with Crippen LogP contribution in [0.15, 0.2) is 60.7 Å². The van der Waals surface area contributed by atoms with Crippen molar-refractivity contribution in [3.05, 3.63) is 71.8 Å². The maximum absolute atomic E-state index is 12.6. The molecule has 0 saturated heterocycles. The Kier molecular flexibility index (Phi) is 17.9. The first-order chi connectivity index (χ1) is 20.3. The second-order valence-electron chi connectivity index (χ2n) is 11.1. The van der Waals surface area contributed by atoms with Gasteiger partial charge in [-0.15, -0.1) is 0 Å². The van der Waals surface area contributed by atoms with Crippen LogP contribution in [0.25, 0.3) is 0 Å². The minimum atomic E-state index is -4.29. The quantitative estimate of drug-likeness (QED) is 0.0675. The summed E-state index contributed by atoms with van der Waals surface area (Å²) in [6.07, 6.45) is 19.0. The Morgan fingerprint density at radius 3 is 2.14 bits per heavy atom. The van der Waals surface area contributed by atoms with Crippen LogP contribution in [-0.2, 0) is 22.4 Å². The van der Waals surface area contributed by atoms with E-state index in [0.717, 1.165) is 49.0 Å². The summed E-state index contributed by atoms with van der Waals surface area (Å²) >= 11 is 0. The lowest BCUT2D eigenvalue weighted by atomic mass is 10.1. The van der Waals surface area contributed by atoms with Crippen LogP contribution in [0.4, 0.5) is 0 Å². The topological polar surface area (TPSA) is 105 Å². The third kappa shape index (κ3) is 17.4. The zero-order valence-electron chi connectivity index (χ0n) is 25.6. The number of hydrogen-bond acceptors (Lipinski definition) is 4. The van der Waals surface area contributed by atoms with Gasteiger partial charge in [-0.3, -0.25) is 9.36 Å². The summed E-state index contributed by atoms with van der Waals surface area (Å²) in [5, 5.41) is 2.86. The van der Waals surface area contributed by atoms with Crippen molar-refractivity contribution in [2.45, 2.75) is 109 Å². The number of methoxy groups -OCH3 is 1. The number of carbonyl (C=O) groups is 1. The molecule has 0 aliphatic carbocycles. The minimum absolute atomic E-state index is 0.159. The van der Waals surface area contributed by atoms with E-state index in [0.29, 0.717) is 25.2 Å². The molecule has 0 radical (unpaired) electrons. The molecule has 234 valence electrons. The molecule has 0 unspecified atom stereocenters. The van der Waals surface area contributed by atoms with Gasteiger partial charge in [-0.2, -0.15) is 0 Å². The highest BCUT2D eigenvalue weighted by atomic mass is 31.2. The number of nitrogens with one attached hydrogen (secondary N) is 1. The molecular weight excluding hydrogens is 549 g/mol. The van der Waals surface area contributed by atoms with Gasteiger partial charge in [-0.1, -0.05) is 88.3 Å². The molecule has 0 spiro atoms. The van der Waals surface area contributed by atoms with Crippen molar-refractivity contribution in [3.8, 4) is 11.5 Å². The fourth-order valence-corrected chi connectivity index (χ4v) is 5.66. The number of allylic oxidation sites excluding steroid dienone is 2. The largest absolute Gasteiger partial charge is 0.497 e. The predicted molar refractivity (Wildman–Crippen MR) is 171 cm³/mol. The second-order valence-corrected chi connectivity index (χ2v) is 12.8. The first kappa shape index (κ1) is 35.6. The summed E-state index contributed by atoms with van der Waals surface area (Å²) in [4.78, 5) is 31.7. The number of unbranched alkanes of at least 4 members (excludes halogenated alkanes) is 10. The fourth-order valence-electron chi connectivity index (χ4n) is 4.86. The lowest BCUT2D eigenvalue weighted by molar-refractivity contribution is -0.121. The molecule has 0 aliphatic rings. The summed E-state index contributed by atoms with van der Waals surface area (Å²) in [6, 6.07) is 14.4. The van der Waals surface area contributed by atoms with Crippen molar-refractivity contribution in [1.29, 1.82) is 0 Å². The summed E-state index contributed by atoms with van der Waals surface area (Å²) in [5.74, 6) is 1.30. The molecule has 2 rings (SSSR count). The van der Waals surface area contributed by atoms with Crippen LogP contribution in [0, 0.1) is 0 Å². The second kappa shape index (κ2) is 21.1. The number of carbonyl (C=O) groups excluding carboxylic acids is 1. The summed E-state index contributed by atoms with van der Waals surface area (Å²) in [6.45, 7) is 2.63. The fraction of sp³-hybridized carbons (Fsp3) is 0.559. The molecule has 3 N–H and O–H groups in total. The maximum Gasteiger partial charge on any atom is 0.327 e. The van der Waals surface area contributed by atoms with E-state index in [2.05, 4.69) is 24.4 Å². The SMILES string of the molecule is CCCCCCCC=CCCCCCCCC(=O)N[C@@H](Cc1ccc(OCc2cccc(OC)c2)cc1)CP(=O)(O)O. The maximum atomic E-state index is 12.6. The standard InChI is InChI=1S/C34H52NO6P/c1-3-4-5-6-7-8-9-10-11-12-13-14-15-16-20-34(36)35-31(28-42(37,38)39)25-29-21-23-32(24-22-29)41-27-30-18-17-19-33(26-30)40-2/h9-10,17-19,21-24,26,31H,3-8,11-16,20,25,27-28H2,1-2H3,(H,35,36)(H2,37,38,39)/t31-/m0/s1. The zero-order valence-corrected chi connectivity index (χ0v) is 26.5. The normalized spacial score (nSPS) is 12.4. The average Bonchev–Trinajstić information content (AvgIpc) is 2.96. The van der Waals surface area contributed by atoms with Crippen molar-refractivity contribution in [3.63, 3.8) is 0 Å². The highest BCUT2D eigenvalue weighted by Crippen LogP contribution is 2.35. The Morgan fingerprint density at radius 2 is 1.50 bits per heavy atom. The van der Waals surface area contributed by atoms with Crippen molar-refractivity contribution in [1.82, 2.24) is 5.32 Å². The van der Waals surface area contributed by atoms with Gasteiger partial charge in [0, 0.05) is 12.5 Å². The van der Waals surface area contributed by atoms with E-state index < -0.39 is 13.6 Å².